The third-order valence-electron chi connectivity index (χ3n) is 5.70. The van der Waals surface area contributed by atoms with E-state index in [0.29, 0.717) is 27.0 Å². The molecule has 0 amide bonds. The molecule has 0 aliphatic carbocycles. The molecule has 2 heterocycles. The van der Waals surface area contributed by atoms with E-state index in [9.17, 15) is 22.8 Å². The van der Waals surface area contributed by atoms with Crippen LogP contribution in [-0.4, -0.2) is 37.5 Å². The standard InChI is InChI=1S/C26H22BrF3N2O5S/c1-4-17-20(24(34)36-3)21(15-8-6-5-7-9-15)32-23(33)19(38-25(32)31-17)12-14-10-16(27)22(18(11-14)35-2)37-13-26(28,29)30/h5-12,21H,4,13H2,1-3H3/b19-12-/t21-/m1/s1. The first-order valence-corrected chi connectivity index (χ1v) is 12.9. The van der Waals surface area contributed by atoms with Crippen LogP contribution in [-0.2, 0) is 9.53 Å². The van der Waals surface area contributed by atoms with Gasteiger partial charge in [-0.15, -0.1) is 0 Å². The fourth-order valence-corrected chi connectivity index (χ4v) is 5.68. The highest BCUT2D eigenvalue weighted by molar-refractivity contribution is 9.10. The van der Waals surface area contributed by atoms with E-state index in [0.717, 1.165) is 16.9 Å². The van der Waals surface area contributed by atoms with Crippen LogP contribution in [0.4, 0.5) is 13.2 Å². The van der Waals surface area contributed by atoms with Crippen molar-refractivity contribution in [1.82, 2.24) is 4.57 Å². The van der Waals surface area contributed by atoms with Crippen molar-refractivity contribution >= 4 is 39.3 Å². The second-order valence-corrected chi connectivity index (χ2v) is 10.0. The van der Waals surface area contributed by atoms with Gasteiger partial charge < -0.3 is 14.2 Å². The number of ether oxygens (including phenoxy) is 3. The SMILES string of the molecule is CCC1=C(C(=O)OC)[C@@H](c2ccccc2)n2c(s/c(=C\c3cc(Br)c(OCC(F)(F)F)c(OC)c3)c2=O)=N1. The fourth-order valence-electron chi connectivity index (χ4n) is 4.08. The molecule has 0 saturated heterocycles. The molecule has 0 saturated carbocycles. The number of rotatable bonds is 7. The van der Waals surface area contributed by atoms with Gasteiger partial charge in [0.05, 0.1) is 40.5 Å². The van der Waals surface area contributed by atoms with Crippen molar-refractivity contribution < 1.29 is 32.2 Å². The van der Waals surface area contributed by atoms with Crippen LogP contribution >= 0.6 is 27.3 Å². The van der Waals surface area contributed by atoms with Gasteiger partial charge in [-0.3, -0.25) is 9.36 Å². The van der Waals surface area contributed by atoms with E-state index < -0.39 is 24.8 Å². The van der Waals surface area contributed by atoms with Crippen LogP contribution in [0.1, 0.15) is 30.5 Å². The summed E-state index contributed by atoms with van der Waals surface area (Å²) < 4.78 is 55.2. The topological polar surface area (TPSA) is 79.1 Å². The molecule has 0 bridgehead atoms. The summed E-state index contributed by atoms with van der Waals surface area (Å²) in [5.74, 6) is -0.620. The summed E-state index contributed by atoms with van der Waals surface area (Å²) in [6.07, 6.45) is -2.49. The maximum absolute atomic E-state index is 13.7. The molecule has 1 aromatic heterocycles. The number of nitrogens with zero attached hydrogens (tertiary/aromatic N) is 2. The highest BCUT2D eigenvalue weighted by atomic mass is 79.9. The van der Waals surface area contributed by atoms with Crippen LogP contribution in [0.25, 0.3) is 6.08 Å². The van der Waals surface area contributed by atoms with Crippen LogP contribution in [0.3, 0.4) is 0 Å². The van der Waals surface area contributed by atoms with Crippen molar-refractivity contribution in [3.63, 3.8) is 0 Å². The Hall–Kier alpha value is -3.38. The lowest BCUT2D eigenvalue weighted by Gasteiger charge is -2.25. The average Bonchev–Trinajstić information content (AvgIpc) is 3.20. The molecule has 0 N–H and O–H groups in total. The second kappa shape index (κ2) is 11.2. The third-order valence-corrected chi connectivity index (χ3v) is 7.27. The van der Waals surface area contributed by atoms with Gasteiger partial charge in [0, 0.05) is 0 Å². The van der Waals surface area contributed by atoms with Gasteiger partial charge >= 0.3 is 12.1 Å². The number of methoxy groups -OCH3 is 2. The molecular weight excluding hydrogens is 589 g/mol. The molecule has 1 aliphatic rings. The smallest absolute Gasteiger partial charge is 0.422 e. The minimum atomic E-state index is -4.52. The van der Waals surface area contributed by atoms with E-state index in [2.05, 4.69) is 20.9 Å². The summed E-state index contributed by atoms with van der Waals surface area (Å²) in [4.78, 5) is 31.5. The van der Waals surface area contributed by atoms with E-state index in [4.69, 9.17) is 14.2 Å². The number of benzene rings is 2. The monoisotopic (exact) mass is 610 g/mol. The van der Waals surface area contributed by atoms with Gasteiger partial charge in [-0.05, 0) is 51.7 Å². The van der Waals surface area contributed by atoms with Crippen LogP contribution in [0, 0.1) is 0 Å². The quantitative estimate of drug-likeness (QED) is 0.368. The van der Waals surface area contributed by atoms with E-state index in [-0.39, 0.29) is 27.1 Å². The second-order valence-electron chi connectivity index (χ2n) is 8.14. The van der Waals surface area contributed by atoms with E-state index >= 15 is 0 Å². The molecule has 3 aromatic rings. The number of aromatic nitrogens is 1. The molecule has 12 heteroatoms. The Kier molecular flexibility index (Phi) is 8.12. The van der Waals surface area contributed by atoms with Crippen molar-refractivity contribution in [3.8, 4) is 11.5 Å². The molecule has 4 rings (SSSR count). The number of carbonyl (C=O) groups excluding carboxylic acids is 1. The number of esters is 1. The van der Waals surface area contributed by atoms with Crippen LogP contribution in [0.15, 0.2) is 68.0 Å². The van der Waals surface area contributed by atoms with Gasteiger partial charge in [0.15, 0.2) is 22.9 Å². The van der Waals surface area contributed by atoms with Crippen molar-refractivity contribution in [2.45, 2.75) is 25.6 Å². The molecule has 0 radical (unpaired) electrons. The largest absolute Gasteiger partial charge is 0.493 e. The lowest BCUT2D eigenvalue weighted by Crippen LogP contribution is -2.40. The Morgan fingerprint density at radius 2 is 1.92 bits per heavy atom. The summed E-state index contributed by atoms with van der Waals surface area (Å²) in [5, 5.41) is 0. The molecule has 1 atom stereocenters. The first-order valence-electron chi connectivity index (χ1n) is 11.3. The average molecular weight is 611 g/mol. The fraction of sp³-hybridized carbons (Fsp3) is 0.269. The molecule has 0 fully saturated rings. The number of allylic oxidation sites excluding steroid dienone is 1. The summed E-state index contributed by atoms with van der Waals surface area (Å²) in [7, 11) is 2.59. The normalized spacial score (nSPS) is 15.7. The minimum Gasteiger partial charge on any atom is -0.493 e. The Morgan fingerprint density at radius 3 is 2.53 bits per heavy atom. The predicted octanol–water partition coefficient (Wildman–Crippen LogP) is 4.51. The molecule has 0 unspecified atom stereocenters. The number of thiazole rings is 1. The molecule has 2 aromatic carbocycles. The Balaban J connectivity index is 1.88. The molecular formula is C26H22BrF3N2O5S. The van der Waals surface area contributed by atoms with Gasteiger partial charge in [-0.25, -0.2) is 9.79 Å². The lowest BCUT2D eigenvalue weighted by molar-refractivity contribution is -0.153. The summed E-state index contributed by atoms with van der Waals surface area (Å²) in [6, 6.07) is 11.4. The molecule has 7 nitrogen and oxygen atoms in total. The van der Waals surface area contributed by atoms with E-state index in [1.54, 1.807) is 6.08 Å². The Morgan fingerprint density at radius 1 is 1.21 bits per heavy atom. The number of halogens is 4. The van der Waals surface area contributed by atoms with Crippen molar-refractivity contribution in [2.24, 2.45) is 4.99 Å². The maximum atomic E-state index is 13.7. The maximum Gasteiger partial charge on any atom is 0.422 e. The first-order chi connectivity index (χ1) is 18.1. The van der Waals surface area contributed by atoms with E-state index in [1.165, 1.54) is 30.9 Å². The number of alkyl halides is 3. The molecule has 0 spiro atoms. The van der Waals surface area contributed by atoms with Crippen molar-refractivity contribution in [2.75, 3.05) is 20.8 Å². The van der Waals surface area contributed by atoms with Crippen LogP contribution < -0.4 is 24.4 Å². The molecule has 200 valence electrons. The van der Waals surface area contributed by atoms with Crippen molar-refractivity contribution in [3.05, 3.63) is 89.0 Å². The van der Waals surface area contributed by atoms with Crippen LogP contribution in [0.5, 0.6) is 11.5 Å². The number of carbonyl (C=O) groups is 1. The summed E-state index contributed by atoms with van der Waals surface area (Å²) in [6.45, 7) is 0.381. The molecule has 38 heavy (non-hydrogen) atoms. The zero-order valence-corrected chi connectivity index (χ0v) is 22.9. The first kappa shape index (κ1) is 27.6. The Bertz CT molecular complexity index is 1580. The van der Waals surface area contributed by atoms with Gasteiger partial charge in [0.2, 0.25) is 0 Å². The summed E-state index contributed by atoms with van der Waals surface area (Å²) >= 11 is 4.37. The van der Waals surface area contributed by atoms with E-state index in [1.807, 2.05) is 37.3 Å². The zero-order valence-electron chi connectivity index (χ0n) is 20.5. The summed E-state index contributed by atoms with van der Waals surface area (Å²) in [5.41, 5.74) is 1.63. The van der Waals surface area contributed by atoms with Crippen LogP contribution in [0.2, 0.25) is 0 Å². The lowest BCUT2D eigenvalue weighted by atomic mass is 9.95. The number of hydrogen-bond donors (Lipinski definition) is 0. The van der Waals surface area contributed by atoms with Gasteiger partial charge in [-0.1, -0.05) is 48.6 Å². The Labute approximate surface area is 227 Å². The minimum absolute atomic E-state index is 0.0612. The number of fused-ring (bicyclic) bond motifs is 1. The number of hydrogen-bond acceptors (Lipinski definition) is 7. The zero-order chi connectivity index (χ0) is 27.6. The van der Waals surface area contributed by atoms with Crippen molar-refractivity contribution in [1.29, 1.82) is 0 Å². The van der Waals surface area contributed by atoms with Gasteiger partial charge in [0.1, 0.15) is 0 Å². The highest BCUT2D eigenvalue weighted by Crippen LogP contribution is 2.38. The van der Waals surface area contributed by atoms with Gasteiger partial charge in [0.25, 0.3) is 5.56 Å². The molecule has 1 aliphatic heterocycles. The third kappa shape index (κ3) is 5.56. The highest BCUT2D eigenvalue weighted by Gasteiger charge is 2.34. The predicted molar refractivity (Wildman–Crippen MR) is 139 cm³/mol. The van der Waals surface area contributed by atoms with Gasteiger partial charge in [-0.2, -0.15) is 13.2 Å².